The van der Waals surface area contributed by atoms with Crippen LogP contribution >= 0.6 is 0 Å². The molecule has 0 heterocycles. The van der Waals surface area contributed by atoms with Crippen molar-refractivity contribution in [3.63, 3.8) is 0 Å². The topological polar surface area (TPSA) is 102 Å². The number of benzene rings is 1. The first kappa shape index (κ1) is 16.7. The summed E-state index contributed by atoms with van der Waals surface area (Å²) in [6.45, 7) is 3.48. The van der Waals surface area contributed by atoms with E-state index in [1.165, 1.54) is 0 Å². The molecule has 1 unspecified atom stereocenters. The molecule has 0 aliphatic heterocycles. The summed E-state index contributed by atoms with van der Waals surface area (Å²) in [6.07, 6.45) is 0.324. The Bertz CT molecular complexity index is 532. The second kappa shape index (κ2) is 8.02. The van der Waals surface area contributed by atoms with Crippen molar-refractivity contribution in [2.24, 2.45) is 5.92 Å². The minimum Gasteiger partial charge on any atom is -0.480 e. The summed E-state index contributed by atoms with van der Waals surface area (Å²) in [4.78, 5) is 22.7. The Labute approximate surface area is 123 Å². The Morgan fingerprint density at radius 1 is 1.29 bits per heavy atom. The Morgan fingerprint density at radius 2 is 1.90 bits per heavy atom. The van der Waals surface area contributed by atoms with Gasteiger partial charge in [0.15, 0.2) is 0 Å². The van der Waals surface area contributed by atoms with E-state index in [1.54, 1.807) is 38.1 Å². The normalized spacial score (nSPS) is 11.7. The van der Waals surface area contributed by atoms with Crippen molar-refractivity contribution < 1.29 is 14.7 Å². The molecule has 0 radical (unpaired) electrons. The van der Waals surface area contributed by atoms with E-state index in [9.17, 15) is 9.59 Å². The van der Waals surface area contributed by atoms with Crippen LogP contribution in [0.5, 0.6) is 0 Å². The fourth-order valence-electron chi connectivity index (χ4n) is 1.81. The zero-order valence-corrected chi connectivity index (χ0v) is 12.1. The second-order valence-electron chi connectivity index (χ2n) is 5.02. The molecule has 0 spiro atoms. The third kappa shape index (κ3) is 5.63. The molecule has 0 bridgehead atoms. The summed E-state index contributed by atoms with van der Waals surface area (Å²) < 4.78 is 0. The van der Waals surface area contributed by atoms with E-state index in [1.807, 2.05) is 6.07 Å². The average Bonchev–Trinajstić information content (AvgIpc) is 2.40. The van der Waals surface area contributed by atoms with Crippen LogP contribution in [0.2, 0.25) is 0 Å². The first-order valence-electron chi connectivity index (χ1n) is 6.66. The van der Waals surface area contributed by atoms with Crippen LogP contribution in [-0.4, -0.2) is 29.6 Å². The third-order valence-corrected chi connectivity index (χ3v) is 2.94. The molecule has 0 aliphatic rings. The molecule has 1 amide bonds. The number of nitrogens with zero attached hydrogens (tertiary/aromatic N) is 1. The number of carbonyl (C=O) groups is 2. The molecule has 1 rings (SSSR count). The van der Waals surface area contributed by atoms with Gasteiger partial charge in [-0.2, -0.15) is 5.26 Å². The van der Waals surface area contributed by atoms with Crippen molar-refractivity contribution in [1.29, 1.82) is 5.26 Å². The molecule has 0 aliphatic carbocycles. The van der Waals surface area contributed by atoms with Crippen LogP contribution in [0.4, 0.5) is 5.69 Å². The van der Waals surface area contributed by atoms with E-state index in [0.717, 1.165) is 5.56 Å². The Balaban J connectivity index is 2.50. The molecule has 112 valence electrons. The van der Waals surface area contributed by atoms with Gasteiger partial charge < -0.3 is 10.4 Å². The van der Waals surface area contributed by atoms with E-state index < -0.39 is 12.0 Å². The molecule has 0 aromatic heterocycles. The highest BCUT2D eigenvalue weighted by molar-refractivity contribution is 5.92. The van der Waals surface area contributed by atoms with Gasteiger partial charge >= 0.3 is 5.97 Å². The molecular weight excluding hydrogens is 270 g/mol. The predicted molar refractivity (Wildman–Crippen MR) is 78.7 cm³/mol. The first-order chi connectivity index (χ1) is 9.93. The number of carboxylic acids is 1. The average molecular weight is 289 g/mol. The summed E-state index contributed by atoms with van der Waals surface area (Å²) in [5.41, 5.74) is 1.49. The molecule has 6 nitrogen and oxygen atoms in total. The molecule has 1 aromatic rings. The van der Waals surface area contributed by atoms with E-state index in [4.69, 9.17) is 10.4 Å². The van der Waals surface area contributed by atoms with Crippen LogP contribution in [-0.2, 0) is 16.0 Å². The molecule has 3 N–H and O–H groups in total. The lowest BCUT2D eigenvalue weighted by atomic mass is 10.1. The van der Waals surface area contributed by atoms with Crippen molar-refractivity contribution in [2.45, 2.75) is 26.3 Å². The molecule has 0 saturated carbocycles. The summed E-state index contributed by atoms with van der Waals surface area (Å²) in [5, 5.41) is 23.0. The number of carbonyl (C=O) groups excluding carboxylic acids is 1. The lowest BCUT2D eigenvalue weighted by molar-refractivity contribution is -0.140. The molecule has 0 saturated heterocycles. The fraction of sp³-hybridized carbons (Fsp3) is 0.400. The number of carboxylic acid groups (broad SMARTS) is 1. The van der Waals surface area contributed by atoms with Crippen molar-refractivity contribution in [3.8, 4) is 6.07 Å². The number of aliphatic carboxylic acids is 1. The largest absolute Gasteiger partial charge is 0.480 e. The Hall–Kier alpha value is -2.39. The van der Waals surface area contributed by atoms with Crippen molar-refractivity contribution in [1.82, 2.24) is 5.32 Å². The maximum atomic E-state index is 11.8. The number of rotatable bonds is 7. The van der Waals surface area contributed by atoms with Gasteiger partial charge in [0, 0.05) is 5.69 Å². The molecule has 21 heavy (non-hydrogen) atoms. The van der Waals surface area contributed by atoms with Gasteiger partial charge in [0.05, 0.1) is 19.0 Å². The van der Waals surface area contributed by atoms with Gasteiger partial charge in [-0.3, -0.25) is 14.9 Å². The SMILES string of the molecule is CC(C)C(NCC(=O)Nc1ccc(CC#N)cc1)C(=O)O. The maximum Gasteiger partial charge on any atom is 0.320 e. The number of nitriles is 1. The highest BCUT2D eigenvalue weighted by atomic mass is 16.4. The highest BCUT2D eigenvalue weighted by Crippen LogP contribution is 2.09. The van der Waals surface area contributed by atoms with E-state index >= 15 is 0 Å². The van der Waals surface area contributed by atoms with Gasteiger partial charge in [0.25, 0.3) is 0 Å². The summed E-state index contributed by atoms with van der Waals surface area (Å²) >= 11 is 0. The summed E-state index contributed by atoms with van der Waals surface area (Å²) in [5.74, 6) is -1.39. The van der Waals surface area contributed by atoms with Gasteiger partial charge in [-0.25, -0.2) is 0 Å². The van der Waals surface area contributed by atoms with Gasteiger partial charge in [0.2, 0.25) is 5.91 Å². The van der Waals surface area contributed by atoms with Crippen LogP contribution in [0.3, 0.4) is 0 Å². The van der Waals surface area contributed by atoms with Crippen LogP contribution in [0.15, 0.2) is 24.3 Å². The Kier molecular flexibility index (Phi) is 6.37. The zero-order chi connectivity index (χ0) is 15.8. The van der Waals surface area contributed by atoms with Gasteiger partial charge in [0.1, 0.15) is 6.04 Å². The standard InChI is InChI=1S/C15H19N3O3/c1-10(2)14(15(20)21)17-9-13(19)18-12-5-3-11(4-6-12)7-8-16/h3-6,10,14,17H,7,9H2,1-2H3,(H,18,19)(H,20,21). The third-order valence-electron chi connectivity index (χ3n) is 2.94. The fourth-order valence-corrected chi connectivity index (χ4v) is 1.81. The molecule has 1 atom stereocenters. The molecular formula is C15H19N3O3. The Morgan fingerprint density at radius 3 is 2.38 bits per heavy atom. The first-order valence-corrected chi connectivity index (χ1v) is 6.66. The number of amides is 1. The van der Waals surface area contributed by atoms with Crippen LogP contribution in [0.25, 0.3) is 0 Å². The van der Waals surface area contributed by atoms with Crippen LogP contribution in [0, 0.1) is 17.2 Å². The van der Waals surface area contributed by atoms with Crippen molar-refractivity contribution in [3.05, 3.63) is 29.8 Å². The quantitative estimate of drug-likeness (QED) is 0.704. The monoisotopic (exact) mass is 289 g/mol. The van der Waals surface area contributed by atoms with Crippen LogP contribution in [0.1, 0.15) is 19.4 Å². The molecule has 6 heteroatoms. The van der Waals surface area contributed by atoms with Gasteiger partial charge in [-0.1, -0.05) is 26.0 Å². The number of anilines is 1. The van der Waals surface area contributed by atoms with Gasteiger partial charge in [-0.15, -0.1) is 0 Å². The minimum absolute atomic E-state index is 0.0743. The van der Waals surface area contributed by atoms with E-state index in [0.29, 0.717) is 12.1 Å². The lowest BCUT2D eigenvalue weighted by Crippen LogP contribution is -2.44. The number of nitrogens with one attached hydrogen (secondary N) is 2. The molecule has 1 aromatic carbocycles. The van der Waals surface area contributed by atoms with E-state index in [-0.39, 0.29) is 18.4 Å². The number of hydrogen-bond donors (Lipinski definition) is 3. The van der Waals surface area contributed by atoms with Crippen LogP contribution < -0.4 is 10.6 Å². The zero-order valence-electron chi connectivity index (χ0n) is 12.1. The predicted octanol–water partition coefficient (Wildman–Crippen LogP) is 1.39. The second-order valence-corrected chi connectivity index (χ2v) is 5.02. The maximum absolute atomic E-state index is 11.8. The summed E-state index contributed by atoms with van der Waals surface area (Å²) in [6, 6.07) is 8.24. The van der Waals surface area contributed by atoms with Crippen molar-refractivity contribution in [2.75, 3.05) is 11.9 Å². The summed E-state index contributed by atoms with van der Waals surface area (Å²) in [7, 11) is 0. The number of hydrogen-bond acceptors (Lipinski definition) is 4. The van der Waals surface area contributed by atoms with E-state index in [2.05, 4.69) is 10.6 Å². The smallest absolute Gasteiger partial charge is 0.320 e. The highest BCUT2D eigenvalue weighted by Gasteiger charge is 2.21. The molecule has 0 fully saturated rings. The lowest BCUT2D eigenvalue weighted by Gasteiger charge is -2.17. The van der Waals surface area contributed by atoms with Crippen molar-refractivity contribution >= 4 is 17.6 Å². The minimum atomic E-state index is -0.973. The van der Waals surface area contributed by atoms with Gasteiger partial charge in [-0.05, 0) is 23.6 Å².